The van der Waals surface area contributed by atoms with Crippen LogP contribution in [0.5, 0.6) is 0 Å². The van der Waals surface area contributed by atoms with Gasteiger partial charge in [0.1, 0.15) is 0 Å². The van der Waals surface area contributed by atoms with Crippen LogP contribution in [0.1, 0.15) is 30.7 Å². The van der Waals surface area contributed by atoms with Crippen molar-refractivity contribution in [1.82, 2.24) is 9.88 Å². The minimum Gasteiger partial charge on any atom is -0.322 e. The maximum atomic E-state index is 12.4. The normalized spacial score (nSPS) is 10.3. The lowest BCUT2D eigenvalue weighted by atomic mass is 10.0. The number of carbonyl (C=O) groups is 1. The van der Waals surface area contributed by atoms with E-state index in [0.717, 1.165) is 24.2 Å². The molecule has 0 aliphatic rings. The molecule has 1 heterocycles. The van der Waals surface area contributed by atoms with Gasteiger partial charge >= 0.3 is 6.03 Å². The molecule has 22 heavy (non-hydrogen) atoms. The van der Waals surface area contributed by atoms with Crippen molar-refractivity contribution < 1.29 is 4.79 Å². The number of hydrogen-bond donors (Lipinski definition) is 1. The van der Waals surface area contributed by atoms with E-state index >= 15 is 0 Å². The second kappa shape index (κ2) is 7.59. The first-order valence-corrected chi connectivity index (χ1v) is 7.68. The third-order valence-electron chi connectivity index (χ3n) is 3.70. The van der Waals surface area contributed by atoms with Crippen molar-refractivity contribution in [1.29, 1.82) is 0 Å². The molecule has 0 saturated heterocycles. The van der Waals surface area contributed by atoms with Crippen molar-refractivity contribution in [2.24, 2.45) is 0 Å². The molecule has 1 aromatic heterocycles. The van der Waals surface area contributed by atoms with Gasteiger partial charge in [0.25, 0.3) is 0 Å². The second-order valence-electron chi connectivity index (χ2n) is 5.27. The summed E-state index contributed by atoms with van der Waals surface area (Å²) in [5.74, 6) is 0. The summed E-state index contributed by atoms with van der Waals surface area (Å²) >= 11 is 0. The molecule has 1 N–H and O–H groups in total. The highest BCUT2D eigenvalue weighted by Crippen LogP contribution is 2.23. The number of urea groups is 1. The molecule has 0 aliphatic carbocycles. The standard InChI is InChI=1S/C18H23N3O/c1-4-14-9-8-10-15(5-2)17(14)20-18(22)21(3)13-16-11-6-7-12-19-16/h6-12H,4-5,13H2,1-3H3,(H,20,22). The van der Waals surface area contributed by atoms with Gasteiger partial charge in [-0.05, 0) is 36.1 Å². The average molecular weight is 297 g/mol. The summed E-state index contributed by atoms with van der Waals surface area (Å²) in [4.78, 5) is 18.3. The predicted octanol–water partition coefficient (Wildman–Crippen LogP) is 3.87. The van der Waals surface area contributed by atoms with E-state index in [1.54, 1.807) is 18.1 Å². The van der Waals surface area contributed by atoms with Crippen molar-refractivity contribution in [3.63, 3.8) is 0 Å². The molecular weight excluding hydrogens is 274 g/mol. The molecule has 0 fully saturated rings. The van der Waals surface area contributed by atoms with Crippen LogP contribution < -0.4 is 5.32 Å². The van der Waals surface area contributed by atoms with Crippen molar-refractivity contribution in [3.8, 4) is 0 Å². The third kappa shape index (κ3) is 3.85. The molecule has 4 heteroatoms. The summed E-state index contributed by atoms with van der Waals surface area (Å²) in [6.45, 7) is 4.69. The summed E-state index contributed by atoms with van der Waals surface area (Å²) in [5, 5.41) is 3.06. The Bertz CT molecular complexity index is 603. The zero-order chi connectivity index (χ0) is 15.9. The van der Waals surface area contributed by atoms with Gasteiger partial charge in [0, 0.05) is 18.9 Å². The average Bonchev–Trinajstić information content (AvgIpc) is 2.55. The van der Waals surface area contributed by atoms with Crippen LogP contribution >= 0.6 is 0 Å². The lowest BCUT2D eigenvalue weighted by Crippen LogP contribution is -2.31. The molecule has 116 valence electrons. The molecule has 0 bridgehead atoms. The first-order valence-electron chi connectivity index (χ1n) is 7.68. The highest BCUT2D eigenvalue weighted by atomic mass is 16.2. The monoisotopic (exact) mass is 297 g/mol. The molecule has 0 atom stereocenters. The lowest BCUT2D eigenvalue weighted by Gasteiger charge is -2.20. The van der Waals surface area contributed by atoms with E-state index in [9.17, 15) is 4.79 Å². The number of aryl methyl sites for hydroxylation is 2. The van der Waals surface area contributed by atoms with Crippen LogP contribution in [0, 0.1) is 0 Å². The van der Waals surface area contributed by atoms with Crippen LogP contribution in [0.15, 0.2) is 42.6 Å². The zero-order valence-electron chi connectivity index (χ0n) is 13.5. The quantitative estimate of drug-likeness (QED) is 0.910. The Morgan fingerprint density at radius 1 is 1.09 bits per heavy atom. The van der Waals surface area contributed by atoms with Gasteiger partial charge < -0.3 is 10.2 Å². The van der Waals surface area contributed by atoms with E-state index in [1.807, 2.05) is 24.3 Å². The van der Waals surface area contributed by atoms with Crippen molar-refractivity contribution in [2.45, 2.75) is 33.2 Å². The van der Waals surface area contributed by atoms with Crippen LogP contribution in [0.25, 0.3) is 0 Å². The Labute approximate surface area is 132 Å². The van der Waals surface area contributed by atoms with Crippen LogP contribution in [-0.2, 0) is 19.4 Å². The summed E-state index contributed by atoms with van der Waals surface area (Å²) in [6.07, 6.45) is 3.53. The number of aromatic nitrogens is 1. The molecule has 0 saturated carbocycles. The Morgan fingerprint density at radius 3 is 2.32 bits per heavy atom. The van der Waals surface area contributed by atoms with E-state index in [2.05, 4.69) is 36.3 Å². The lowest BCUT2D eigenvalue weighted by molar-refractivity contribution is 0.220. The van der Waals surface area contributed by atoms with Gasteiger partial charge in [-0.1, -0.05) is 38.1 Å². The zero-order valence-corrected chi connectivity index (χ0v) is 13.5. The van der Waals surface area contributed by atoms with Gasteiger partial charge in [0.15, 0.2) is 0 Å². The summed E-state index contributed by atoms with van der Waals surface area (Å²) in [6, 6.07) is 11.8. The van der Waals surface area contributed by atoms with E-state index < -0.39 is 0 Å². The molecule has 2 rings (SSSR count). The van der Waals surface area contributed by atoms with Crippen LogP contribution in [-0.4, -0.2) is 23.0 Å². The summed E-state index contributed by atoms with van der Waals surface area (Å²) in [5.41, 5.74) is 4.16. The number of rotatable bonds is 5. The number of nitrogens with one attached hydrogen (secondary N) is 1. The second-order valence-corrected chi connectivity index (χ2v) is 5.27. The summed E-state index contributed by atoms with van der Waals surface area (Å²) in [7, 11) is 1.78. The number of anilines is 1. The predicted molar refractivity (Wildman–Crippen MR) is 89.9 cm³/mol. The number of carbonyl (C=O) groups excluding carboxylic acids is 1. The molecule has 2 aromatic rings. The molecule has 4 nitrogen and oxygen atoms in total. The van der Waals surface area contributed by atoms with E-state index in [-0.39, 0.29) is 6.03 Å². The van der Waals surface area contributed by atoms with Gasteiger partial charge in [-0.25, -0.2) is 4.79 Å². The molecule has 0 aliphatic heterocycles. The maximum Gasteiger partial charge on any atom is 0.321 e. The fraction of sp³-hybridized carbons (Fsp3) is 0.333. The first-order chi connectivity index (χ1) is 10.7. The SMILES string of the molecule is CCc1cccc(CC)c1NC(=O)N(C)Cc1ccccn1. The van der Waals surface area contributed by atoms with Gasteiger partial charge in [0.2, 0.25) is 0 Å². The number of benzene rings is 1. The summed E-state index contributed by atoms with van der Waals surface area (Å²) < 4.78 is 0. The fourth-order valence-corrected chi connectivity index (χ4v) is 2.41. The molecule has 0 unspecified atom stereocenters. The number of nitrogens with zero attached hydrogens (tertiary/aromatic N) is 2. The third-order valence-corrected chi connectivity index (χ3v) is 3.70. The number of amides is 2. The van der Waals surface area contributed by atoms with E-state index in [1.165, 1.54) is 11.1 Å². The van der Waals surface area contributed by atoms with Crippen LogP contribution in [0.3, 0.4) is 0 Å². The molecule has 0 radical (unpaired) electrons. The highest BCUT2D eigenvalue weighted by Gasteiger charge is 2.14. The fourth-order valence-electron chi connectivity index (χ4n) is 2.41. The number of hydrogen-bond acceptors (Lipinski definition) is 2. The Balaban J connectivity index is 2.11. The molecule has 2 amide bonds. The molecular formula is C18H23N3O. The largest absolute Gasteiger partial charge is 0.322 e. The van der Waals surface area contributed by atoms with Gasteiger partial charge in [0.05, 0.1) is 12.2 Å². The Morgan fingerprint density at radius 2 is 1.77 bits per heavy atom. The van der Waals surface area contributed by atoms with E-state index in [4.69, 9.17) is 0 Å². The van der Waals surface area contributed by atoms with Crippen molar-refractivity contribution in [2.75, 3.05) is 12.4 Å². The van der Waals surface area contributed by atoms with Gasteiger partial charge in [-0.15, -0.1) is 0 Å². The van der Waals surface area contributed by atoms with Crippen LogP contribution in [0.2, 0.25) is 0 Å². The minimum absolute atomic E-state index is 0.110. The maximum absolute atomic E-state index is 12.4. The first kappa shape index (κ1) is 16.0. The Kier molecular flexibility index (Phi) is 5.53. The minimum atomic E-state index is -0.110. The Hall–Kier alpha value is -2.36. The van der Waals surface area contributed by atoms with Gasteiger partial charge in [-0.3, -0.25) is 4.98 Å². The van der Waals surface area contributed by atoms with Crippen molar-refractivity contribution >= 4 is 11.7 Å². The van der Waals surface area contributed by atoms with Gasteiger partial charge in [-0.2, -0.15) is 0 Å². The number of pyridine rings is 1. The topological polar surface area (TPSA) is 45.2 Å². The van der Waals surface area contributed by atoms with Crippen molar-refractivity contribution in [3.05, 3.63) is 59.4 Å². The highest BCUT2D eigenvalue weighted by molar-refractivity contribution is 5.91. The smallest absolute Gasteiger partial charge is 0.321 e. The molecule has 1 aromatic carbocycles. The van der Waals surface area contributed by atoms with Crippen LogP contribution in [0.4, 0.5) is 10.5 Å². The number of para-hydroxylation sites is 1. The molecule has 0 spiro atoms. The van der Waals surface area contributed by atoms with E-state index in [0.29, 0.717) is 6.54 Å².